The number of nitrogens with one attached hydrogen (secondary N) is 1. The average molecular weight is 346 g/mol. The van der Waals surface area contributed by atoms with Gasteiger partial charge in [-0.2, -0.15) is 10.2 Å². The van der Waals surface area contributed by atoms with Crippen molar-refractivity contribution in [3.63, 3.8) is 0 Å². The zero-order valence-corrected chi connectivity index (χ0v) is 15.0. The molecular formula is C18H24ClN5. The molecule has 0 fully saturated rings. The summed E-state index contributed by atoms with van der Waals surface area (Å²) in [5.41, 5.74) is 7.27. The topological polar surface area (TPSA) is 54.6 Å². The number of halogens is 1. The highest BCUT2D eigenvalue weighted by molar-refractivity contribution is 5.86. The molecule has 0 bridgehead atoms. The van der Waals surface area contributed by atoms with Crippen molar-refractivity contribution < 1.29 is 0 Å². The van der Waals surface area contributed by atoms with Gasteiger partial charge in [0.2, 0.25) is 0 Å². The van der Waals surface area contributed by atoms with E-state index in [4.69, 9.17) is 0 Å². The van der Waals surface area contributed by atoms with Crippen LogP contribution in [0.1, 0.15) is 42.6 Å². The average Bonchev–Trinajstić information content (AvgIpc) is 2.75. The van der Waals surface area contributed by atoms with Crippen molar-refractivity contribution in [2.45, 2.75) is 39.5 Å². The van der Waals surface area contributed by atoms with Gasteiger partial charge in [-0.15, -0.1) is 12.4 Å². The van der Waals surface area contributed by atoms with E-state index in [2.05, 4.69) is 39.7 Å². The Morgan fingerprint density at radius 3 is 2.71 bits per heavy atom. The highest BCUT2D eigenvalue weighted by Gasteiger charge is 2.11. The minimum atomic E-state index is 0. The number of amidine groups is 1. The van der Waals surface area contributed by atoms with Crippen LogP contribution in [0.25, 0.3) is 5.69 Å². The molecule has 1 N–H and O–H groups in total. The summed E-state index contributed by atoms with van der Waals surface area (Å²) in [6, 6.07) is 10.2. The van der Waals surface area contributed by atoms with Gasteiger partial charge in [0.25, 0.3) is 0 Å². The molecule has 3 rings (SSSR count). The summed E-state index contributed by atoms with van der Waals surface area (Å²) in [7, 11) is 0. The number of rotatable bonds is 3. The van der Waals surface area contributed by atoms with Gasteiger partial charge in [-0.1, -0.05) is 24.6 Å². The van der Waals surface area contributed by atoms with Crippen LogP contribution in [-0.4, -0.2) is 28.4 Å². The van der Waals surface area contributed by atoms with Crippen LogP contribution >= 0.6 is 12.4 Å². The fourth-order valence-corrected chi connectivity index (χ4v) is 2.80. The normalized spacial score (nSPS) is 14.8. The lowest BCUT2D eigenvalue weighted by Gasteiger charge is -2.04. The maximum atomic E-state index is 4.63. The Morgan fingerprint density at radius 2 is 1.92 bits per heavy atom. The summed E-state index contributed by atoms with van der Waals surface area (Å²) in [5, 5.41) is 9.00. The Balaban J connectivity index is 0.00000208. The third-order valence-corrected chi connectivity index (χ3v) is 4.11. The van der Waals surface area contributed by atoms with Crippen molar-refractivity contribution >= 4 is 24.5 Å². The molecule has 0 radical (unpaired) electrons. The largest absolute Gasteiger partial charge is 0.271 e. The second kappa shape index (κ2) is 8.64. The first kappa shape index (κ1) is 18.2. The molecule has 0 saturated carbocycles. The molecule has 0 aliphatic carbocycles. The first-order chi connectivity index (χ1) is 11.3. The highest BCUT2D eigenvalue weighted by Crippen LogP contribution is 2.16. The van der Waals surface area contributed by atoms with Gasteiger partial charge in [0.1, 0.15) is 5.84 Å². The monoisotopic (exact) mass is 345 g/mol. The van der Waals surface area contributed by atoms with Crippen molar-refractivity contribution in [2.75, 3.05) is 6.54 Å². The Kier molecular flexibility index (Phi) is 6.55. The third-order valence-electron chi connectivity index (χ3n) is 4.11. The molecule has 0 amide bonds. The van der Waals surface area contributed by atoms with Crippen LogP contribution in [0, 0.1) is 13.8 Å². The first-order valence-corrected chi connectivity index (χ1v) is 8.20. The molecule has 128 valence electrons. The maximum Gasteiger partial charge on any atom is 0.117 e. The highest BCUT2D eigenvalue weighted by atomic mass is 35.5. The van der Waals surface area contributed by atoms with E-state index in [9.17, 15) is 0 Å². The fraction of sp³-hybridized carbons (Fsp3) is 0.389. The van der Waals surface area contributed by atoms with Gasteiger partial charge in [0, 0.05) is 18.5 Å². The summed E-state index contributed by atoms with van der Waals surface area (Å²) >= 11 is 0. The zero-order valence-electron chi connectivity index (χ0n) is 14.2. The number of benzene rings is 1. The quantitative estimate of drug-likeness (QED) is 0.679. The van der Waals surface area contributed by atoms with E-state index in [0.717, 1.165) is 41.4 Å². The van der Waals surface area contributed by atoms with Gasteiger partial charge < -0.3 is 0 Å². The van der Waals surface area contributed by atoms with Crippen molar-refractivity contribution in [1.82, 2.24) is 15.2 Å². The molecule has 1 aliphatic heterocycles. The van der Waals surface area contributed by atoms with E-state index in [1.54, 1.807) is 0 Å². The molecule has 1 aliphatic rings. The summed E-state index contributed by atoms with van der Waals surface area (Å²) in [6.45, 7) is 4.98. The first-order valence-electron chi connectivity index (χ1n) is 8.20. The van der Waals surface area contributed by atoms with Crippen LogP contribution < -0.4 is 5.43 Å². The SMILES string of the molecule is Cc1nn(-c2ccccc2)c(C)c1/C=N/NC1=NCCCCC1.Cl. The summed E-state index contributed by atoms with van der Waals surface area (Å²) < 4.78 is 1.96. The van der Waals surface area contributed by atoms with Crippen molar-refractivity contribution in [2.24, 2.45) is 10.1 Å². The van der Waals surface area contributed by atoms with Crippen molar-refractivity contribution in [1.29, 1.82) is 0 Å². The van der Waals surface area contributed by atoms with Gasteiger partial charge in [-0.3, -0.25) is 10.4 Å². The number of aliphatic imine (C=N–C) groups is 1. The van der Waals surface area contributed by atoms with Gasteiger partial charge in [-0.05, 0) is 38.8 Å². The predicted molar refractivity (Wildman–Crippen MR) is 102 cm³/mol. The molecule has 6 heteroatoms. The van der Waals surface area contributed by atoms with E-state index in [0.29, 0.717) is 0 Å². The lowest BCUT2D eigenvalue weighted by molar-refractivity contribution is 0.729. The number of para-hydroxylation sites is 1. The van der Waals surface area contributed by atoms with Crippen LogP contribution in [0.5, 0.6) is 0 Å². The number of nitrogens with zero attached hydrogens (tertiary/aromatic N) is 4. The molecular weight excluding hydrogens is 322 g/mol. The zero-order chi connectivity index (χ0) is 16.1. The molecule has 5 nitrogen and oxygen atoms in total. The standard InChI is InChI=1S/C18H23N5.ClH/c1-14-17(13-20-21-18-11-7-4-8-12-19-18)15(2)23(22-14)16-9-5-3-6-10-16;/h3,5-6,9-10,13H,4,7-8,11-12H2,1-2H3,(H,19,21);1H/b20-13+;. The lowest BCUT2D eigenvalue weighted by Crippen LogP contribution is -2.17. The van der Waals surface area contributed by atoms with Gasteiger partial charge >= 0.3 is 0 Å². The lowest BCUT2D eigenvalue weighted by atomic mass is 10.2. The summed E-state index contributed by atoms with van der Waals surface area (Å²) in [6.07, 6.45) is 6.45. The predicted octanol–water partition coefficient (Wildman–Crippen LogP) is 3.81. The Morgan fingerprint density at radius 1 is 1.12 bits per heavy atom. The van der Waals surface area contributed by atoms with E-state index < -0.39 is 0 Å². The van der Waals surface area contributed by atoms with Crippen LogP contribution in [0.4, 0.5) is 0 Å². The second-order valence-electron chi connectivity index (χ2n) is 5.84. The van der Waals surface area contributed by atoms with E-state index in [-0.39, 0.29) is 12.4 Å². The Hall–Kier alpha value is -2.14. The van der Waals surface area contributed by atoms with Gasteiger partial charge in [0.05, 0.1) is 23.3 Å². The molecule has 2 aromatic rings. The molecule has 0 saturated heterocycles. The van der Waals surface area contributed by atoms with Crippen molar-refractivity contribution in [3.8, 4) is 5.69 Å². The molecule has 0 atom stereocenters. The van der Waals surface area contributed by atoms with Crippen LogP contribution in [0.3, 0.4) is 0 Å². The van der Waals surface area contributed by atoms with E-state index in [1.165, 1.54) is 19.3 Å². The smallest absolute Gasteiger partial charge is 0.117 e. The number of hydrazone groups is 1. The molecule has 1 aromatic heterocycles. The summed E-state index contributed by atoms with van der Waals surface area (Å²) in [5.74, 6) is 0.990. The van der Waals surface area contributed by atoms with E-state index in [1.807, 2.05) is 36.0 Å². The van der Waals surface area contributed by atoms with Gasteiger partial charge in [0.15, 0.2) is 0 Å². The minimum absolute atomic E-state index is 0. The molecule has 2 heterocycles. The second-order valence-corrected chi connectivity index (χ2v) is 5.84. The summed E-state index contributed by atoms with van der Waals surface area (Å²) in [4.78, 5) is 4.52. The molecule has 0 spiro atoms. The number of hydrogen-bond acceptors (Lipinski definition) is 4. The van der Waals surface area contributed by atoms with Crippen molar-refractivity contribution in [3.05, 3.63) is 47.3 Å². The van der Waals surface area contributed by atoms with Crippen LogP contribution in [0.2, 0.25) is 0 Å². The number of aromatic nitrogens is 2. The Bertz CT molecular complexity index is 719. The number of hydrogen-bond donors (Lipinski definition) is 1. The van der Waals surface area contributed by atoms with Gasteiger partial charge in [-0.25, -0.2) is 4.68 Å². The number of aryl methyl sites for hydroxylation is 1. The van der Waals surface area contributed by atoms with Crippen LogP contribution in [-0.2, 0) is 0 Å². The Labute approximate surface area is 149 Å². The maximum absolute atomic E-state index is 4.63. The fourth-order valence-electron chi connectivity index (χ4n) is 2.80. The van der Waals surface area contributed by atoms with E-state index >= 15 is 0 Å². The molecule has 1 aromatic carbocycles. The molecule has 0 unspecified atom stereocenters. The minimum Gasteiger partial charge on any atom is -0.271 e. The third kappa shape index (κ3) is 4.23. The van der Waals surface area contributed by atoms with Crippen LogP contribution in [0.15, 0.2) is 40.4 Å². The molecule has 24 heavy (non-hydrogen) atoms.